The van der Waals surface area contributed by atoms with Crippen molar-refractivity contribution in [1.29, 1.82) is 0 Å². The number of anilines is 2. The number of para-hydroxylation sites is 1. The number of aromatic nitrogens is 2. The van der Waals surface area contributed by atoms with E-state index in [0.29, 0.717) is 25.8 Å². The van der Waals surface area contributed by atoms with Gasteiger partial charge in [-0.1, -0.05) is 30.3 Å². The summed E-state index contributed by atoms with van der Waals surface area (Å²) in [6.07, 6.45) is 2.70. The van der Waals surface area contributed by atoms with Crippen molar-refractivity contribution in [1.82, 2.24) is 20.2 Å². The molecule has 10 nitrogen and oxygen atoms in total. The fourth-order valence-corrected chi connectivity index (χ4v) is 6.59. The van der Waals surface area contributed by atoms with Crippen LogP contribution in [0.3, 0.4) is 0 Å². The third-order valence-corrected chi connectivity index (χ3v) is 8.84. The van der Waals surface area contributed by atoms with Gasteiger partial charge in [-0.05, 0) is 49.9 Å². The van der Waals surface area contributed by atoms with E-state index in [1.54, 1.807) is 30.3 Å². The number of hydrogen-bond donors (Lipinski definition) is 3. The maximum atomic E-state index is 15.5. The maximum Gasteiger partial charge on any atom is 0.255 e. The van der Waals surface area contributed by atoms with E-state index in [0.717, 1.165) is 6.33 Å². The first kappa shape index (κ1) is 25.6. The molecule has 2 aliphatic heterocycles. The van der Waals surface area contributed by atoms with Crippen molar-refractivity contribution < 1.29 is 22.4 Å². The summed E-state index contributed by atoms with van der Waals surface area (Å²) in [4.78, 5) is 36.1. The molecule has 1 unspecified atom stereocenters. The number of likely N-dealkylation sites (tertiary alicyclic amines) is 1. The molecule has 2 aromatic carbocycles. The molecule has 0 radical (unpaired) electrons. The van der Waals surface area contributed by atoms with E-state index in [4.69, 9.17) is 5.73 Å². The van der Waals surface area contributed by atoms with Crippen LogP contribution < -0.4 is 16.4 Å². The molecule has 3 aromatic rings. The van der Waals surface area contributed by atoms with E-state index in [9.17, 15) is 18.0 Å². The summed E-state index contributed by atoms with van der Waals surface area (Å²) in [7, 11) is -4.01. The minimum absolute atomic E-state index is 0.0660. The molecule has 3 heterocycles. The van der Waals surface area contributed by atoms with E-state index < -0.39 is 39.0 Å². The van der Waals surface area contributed by atoms with Gasteiger partial charge < -0.3 is 21.3 Å². The van der Waals surface area contributed by atoms with Crippen molar-refractivity contribution in [3.8, 4) is 0 Å². The van der Waals surface area contributed by atoms with Crippen LogP contribution in [-0.2, 0) is 25.0 Å². The summed E-state index contributed by atoms with van der Waals surface area (Å²) in [6, 6.07) is 13.3. The number of rotatable bonds is 6. The highest BCUT2D eigenvalue weighted by Crippen LogP contribution is 2.40. The van der Waals surface area contributed by atoms with Crippen LogP contribution in [0.15, 0.2) is 70.7 Å². The highest BCUT2D eigenvalue weighted by Gasteiger charge is 2.52. The second kappa shape index (κ2) is 10.0. The zero-order valence-electron chi connectivity index (χ0n) is 20.4. The summed E-state index contributed by atoms with van der Waals surface area (Å²) in [6.45, 7) is 0.801. The van der Waals surface area contributed by atoms with Crippen molar-refractivity contribution in [2.75, 3.05) is 24.1 Å². The number of halogens is 1. The van der Waals surface area contributed by atoms with Crippen LogP contribution in [0, 0.1) is 5.82 Å². The summed E-state index contributed by atoms with van der Waals surface area (Å²) in [5.74, 6) is -2.29. The quantitative estimate of drug-likeness (QED) is 0.433. The minimum Gasteiger partial charge on any atom is -0.381 e. The predicted molar refractivity (Wildman–Crippen MR) is 137 cm³/mol. The van der Waals surface area contributed by atoms with Crippen LogP contribution in [0.2, 0.25) is 0 Å². The molecule has 0 aliphatic carbocycles. The number of nitrogens with zero attached hydrogens (tertiary/aromatic N) is 3. The Balaban J connectivity index is 1.65. The molecule has 5 rings (SSSR count). The van der Waals surface area contributed by atoms with Gasteiger partial charge in [-0.25, -0.2) is 22.8 Å². The Morgan fingerprint density at radius 1 is 1.05 bits per heavy atom. The van der Waals surface area contributed by atoms with E-state index in [-0.39, 0.29) is 40.0 Å². The average Bonchev–Trinajstić information content (AvgIpc) is 2.93. The molecule has 1 aromatic heterocycles. The first-order valence-corrected chi connectivity index (χ1v) is 13.8. The lowest BCUT2D eigenvalue weighted by molar-refractivity contribution is -0.148. The third-order valence-electron chi connectivity index (χ3n) is 7.01. The number of piperidine rings is 2. The van der Waals surface area contributed by atoms with Gasteiger partial charge in [0.25, 0.3) is 5.91 Å². The molecular weight excluding hydrogens is 511 g/mol. The fraction of sp³-hybridized carbons (Fsp3) is 0.308. The maximum absolute atomic E-state index is 15.5. The molecule has 2 fully saturated rings. The first-order valence-electron chi connectivity index (χ1n) is 12.3. The summed E-state index contributed by atoms with van der Waals surface area (Å²) in [5.41, 5.74) is 3.72. The van der Waals surface area contributed by atoms with E-state index in [2.05, 4.69) is 20.6 Å². The number of carbonyl (C=O) groups is 2. The monoisotopic (exact) mass is 538 g/mol. The molecule has 198 valence electrons. The van der Waals surface area contributed by atoms with Gasteiger partial charge in [0.05, 0.1) is 15.5 Å². The highest BCUT2D eigenvalue weighted by atomic mass is 32.2. The number of amides is 2. The van der Waals surface area contributed by atoms with Gasteiger partial charge in [0.1, 0.15) is 18.1 Å². The Hall–Kier alpha value is -4.06. The van der Waals surface area contributed by atoms with Gasteiger partial charge in [0, 0.05) is 13.1 Å². The Morgan fingerprint density at radius 3 is 2.55 bits per heavy atom. The number of benzene rings is 2. The third kappa shape index (κ3) is 4.34. The fourth-order valence-electron chi connectivity index (χ4n) is 5.16. The van der Waals surface area contributed by atoms with Crippen LogP contribution >= 0.6 is 0 Å². The number of nitrogens with one attached hydrogen (secondary N) is 2. The van der Waals surface area contributed by atoms with Crippen LogP contribution in [0.25, 0.3) is 0 Å². The molecule has 2 atom stereocenters. The number of carbonyl (C=O) groups excluding carboxylic acids is 2. The lowest BCUT2D eigenvalue weighted by Gasteiger charge is -2.45. The summed E-state index contributed by atoms with van der Waals surface area (Å²) < 4.78 is 42.7. The van der Waals surface area contributed by atoms with Crippen LogP contribution in [0.4, 0.5) is 15.9 Å². The largest absolute Gasteiger partial charge is 0.381 e. The van der Waals surface area contributed by atoms with Crippen molar-refractivity contribution in [3.05, 3.63) is 72.4 Å². The van der Waals surface area contributed by atoms with Crippen molar-refractivity contribution in [2.45, 2.75) is 47.1 Å². The van der Waals surface area contributed by atoms with Gasteiger partial charge >= 0.3 is 0 Å². The van der Waals surface area contributed by atoms with Crippen molar-refractivity contribution in [3.63, 3.8) is 0 Å². The van der Waals surface area contributed by atoms with Crippen molar-refractivity contribution >= 4 is 33.2 Å². The number of sulfone groups is 1. The van der Waals surface area contributed by atoms with E-state index in [1.165, 1.54) is 29.2 Å². The smallest absolute Gasteiger partial charge is 0.255 e. The van der Waals surface area contributed by atoms with Crippen molar-refractivity contribution in [2.24, 2.45) is 0 Å². The SMILES string of the molecule is Nc1ncnc([C@]2(Nc3ccccc3S(=O)(=O)c3ccccc3)CCCN(C3CCCNC3=O)C2=O)c1F. The van der Waals surface area contributed by atoms with E-state index in [1.807, 2.05) is 0 Å². The summed E-state index contributed by atoms with van der Waals surface area (Å²) >= 11 is 0. The number of hydrogen-bond acceptors (Lipinski definition) is 8. The van der Waals surface area contributed by atoms with E-state index >= 15 is 4.39 Å². The standard InChI is InChI=1S/C26H27FN6O4S/c27-21-22(30-16-31-23(21)28)26(13-7-15-33(25(26)35)19-11-6-14-29-24(19)34)32-18-10-4-5-12-20(18)38(36,37)17-8-2-1-3-9-17/h1-5,8-10,12,16,19,32H,6-7,11,13-15H2,(H,29,34)(H2,28,30,31)/t19?,26-/m1/s1. The Labute approximate surface area is 219 Å². The van der Waals surface area contributed by atoms with Crippen LogP contribution in [-0.4, -0.2) is 54.2 Å². The Bertz CT molecular complexity index is 1490. The molecule has 2 saturated heterocycles. The number of nitrogens with two attached hydrogens (primary N) is 1. The van der Waals surface area contributed by atoms with Crippen LogP contribution in [0.1, 0.15) is 31.4 Å². The van der Waals surface area contributed by atoms with Gasteiger partial charge in [-0.15, -0.1) is 0 Å². The molecular formula is C26H27FN6O4S. The van der Waals surface area contributed by atoms with Gasteiger partial charge in [-0.3, -0.25) is 9.59 Å². The average molecular weight is 539 g/mol. The zero-order chi connectivity index (χ0) is 26.9. The number of nitrogen functional groups attached to an aromatic ring is 1. The first-order chi connectivity index (χ1) is 18.3. The molecule has 2 aliphatic rings. The summed E-state index contributed by atoms with van der Waals surface area (Å²) in [5, 5.41) is 5.85. The van der Waals surface area contributed by atoms with Gasteiger partial charge in [-0.2, -0.15) is 0 Å². The Kier molecular flexibility index (Phi) is 6.74. The normalized spacial score (nSPS) is 22.1. The molecule has 0 bridgehead atoms. The predicted octanol–water partition coefficient (Wildman–Crippen LogP) is 2.24. The zero-order valence-corrected chi connectivity index (χ0v) is 21.2. The second-order valence-electron chi connectivity index (χ2n) is 9.32. The van der Waals surface area contributed by atoms with Gasteiger partial charge in [0.2, 0.25) is 15.7 Å². The highest BCUT2D eigenvalue weighted by molar-refractivity contribution is 7.91. The molecule has 38 heavy (non-hydrogen) atoms. The molecule has 0 saturated carbocycles. The minimum atomic E-state index is -4.01. The lowest BCUT2D eigenvalue weighted by atomic mass is 9.82. The second-order valence-corrected chi connectivity index (χ2v) is 11.2. The molecule has 12 heteroatoms. The van der Waals surface area contributed by atoms with Gasteiger partial charge in [0.15, 0.2) is 17.2 Å². The van der Waals surface area contributed by atoms with Crippen LogP contribution in [0.5, 0.6) is 0 Å². The molecule has 4 N–H and O–H groups in total. The molecule has 0 spiro atoms. The Morgan fingerprint density at radius 2 is 1.79 bits per heavy atom. The lowest BCUT2D eigenvalue weighted by Crippen LogP contribution is -2.62. The molecule has 2 amide bonds. The topological polar surface area (TPSA) is 147 Å².